The number of carbonyl (C=O) groups excluding carboxylic acids is 2. The first-order chi connectivity index (χ1) is 12.0. The number of carbonyl (C=O) groups is 2. The summed E-state index contributed by atoms with van der Waals surface area (Å²) in [5.74, 6) is -0.393. The molecule has 0 saturated heterocycles. The van der Waals surface area contributed by atoms with Crippen molar-refractivity contribution in [2.24, 2.45) is 0 Å². The zero-order valence-electron chi connectivity index (χ0n) is 14.6. The molecule has 2 aromatic rings. The Hall–Kier alpha value is -2.56. The van der Waals surface area contributed by atoms with Crippen molar-refractivity contribution in [2.45, 2.75) is 45.6 Å². The van der Waals surface area contributed by atoms with Crippen LogP contribution in [0.4, 0.5) is 0 Å². The predicted molar refractivity (Wildman–Crippen MR) is 93.4 cm³/mol. The van der Waals surface area contributed by atoms with E-state index in [2.05, 4.69) is 23.5 Å². The predicted octanol–water partition coefficient (Wildman–Crippen LogP) is 3.50. The van der Waals surface area contributed by atoms with Crippen molar-refractivity contribution in [2.75, 3.05) is 6.61 Å². The lowest BCUT2D eigenvalue weighted by Crippen LogP contribution is -2.31. The van der Waals surface area contributed by atoms with Gasteiger partial charge in [-0.2, -0.15) is 0 Å². The number of ether oxygens (including phenoxy) is 1. The summed E-state index contributed by atoms with van der Waals surface area (Å²) in [6, 6.07) is 7.81. The Morgan fingerprint density at radius 3 is 2.68 bits per heavy atom. The van der Waals surface area contributed by atoms with Crippen LogP contribution in [0.2, 0.25) is 0 Å². The van der Waals surface area contributed by atoms with Gasteiger partial charge in [-0.1, -0.05) is 18.2 Å². The molecule has 1 N–H and O–H groups in total. The van der Waals surface area contributed by atoms with Gasteiger partial charge < -0.3 is 14.5 Å². The molecular formula is C20H23NO4. The van der Waals surface area contributed by atoms with Gasteiger partial charge in [0, 0.05) is 0 Å². The quantitative estimate of drug-likeness (QED) is 0.845. The summed E-state index contributed by atoms with van der Waals surface area (Å²) in [6.07, 6.45) is 6.14. The molecular weight excluding hydrogens is 318 g/mol. The van der Waals surface area contributed by atoms with Crippen LogP contribution < -0.4 is 5.32 Å². The van der Waals surface area contributed by atoms with Crippen LogP contribution in [0, 0.1) is 6.92 Å². The van der Waals surface area contributed by atoms with E-state index in [9.17, 15) is 9.59 Å². The molecule has 0 bridgehead atoms. The molecule has 132 valence electrons. The van der Waals surface area contributed by atoms with Gasteiger partial charge >= 0.3 is 5.97 Å². The summed E-state index contributed by atoms with van der Waals surface area (Å²) >= 11 is 0. The monoisotopic (exact) mass is 341 g/mol. The molecule has 0 aliphatic heterocycles. The van der Waals surface area contributed by atoms with Crippen LogP contribution in [-0.4, -0.2) is 18.5 Å². The first-order valence-electron chi connectivity index (χ1n) is 8.67. The number of esters is 1. The molecule has 1 aliphatic carbocycles. The average Bonchev–Trinajstić information content (AvgIpc) is 3.05. The lowest BCUT2D eigenvalue weighted by Gasteiger charge is -2.20. The Labute approximate surface area is 147 Å². The molecule has 0 radical (unpaired) electrons. The third-order valence-electron chi connectivity index (χ3n) is 4.66. The van der Waals surface area contributed by atoms with Gasteiger partial charge in [0.1, 0.15) is 11.3 Å². The summed E-state index contributed by atoms with van der Waals surface area (Å²) in [6.45, 7) is 3.30. The number of rotatable bonds is 5. The first kappa shape index (κ1) is 17.3. The first-order valence-corrected chi connectivity index (χ1v) is 8.67. The topological polar surface area (TPSA) is 68.5 Å². The molecule has 5 nitrogen and oxygen atoms in total. The number of hydrogen-bond acceptors (Lipinski definition) is 4. The molecule has 25 heavy (non-hydrogen) atoms. The van der Waals surface area contributed by atoms with Gasteiger partial charge in [-0.25, -0.2) is 4.79 Å². The minimum atomic E-state index is -0.553. The van der Waals surface area contributed by atoms with E-state index in [4.69, 9.17) is 9.15 Å². The highest BCUT2D eigenvalue weighted by Crippen LogP contribution is 2.24. The summed E-state index contributed by atoms with van der Waals surface area (Å²) in [5.41, 5.74) is 4.21. The molecule has 1 aliphatic rings. The fourth-order valence-electron chi connectivity index (χ4n) is 3.19. The fraction of sp³-hybridized carbons (Fsp3) is 0.400. The van der Waals surface area contributed by atoms with Crippen molar-refractivity contribution in [1.29, 1.82) is 0 Å². The van der Waals surface area contributed by atoms with Crippen molar-refractivity contribution in [3.8, 4) is 0 Å². The van der Waals surface area contributed by atoms with Crippen LogP contribution in [-0.2, 0) is 22.4 Å². The number of benzene rings is 1. The van der Waals surface area contributed by atoms with Crippen LogP contribution >= 0.6 is 0 Å². The third-order valence-corrected chi connectivity index (χ3v) is 4.66. The van der Waals surface area contributed by atoms with Crippen molar-refractivity contribution >= 4 is 11.9 Å². The zero-order chi connectivity index (χ0) is 17.8. The number of fused-ring (bicyclic) bond motifs is 1. The maximum atomic E-state index is 12.1. The Balaban J connectivity index is 1.54. The van der Waals surface area contributed by atoms with Gasteiger partial charge in [-0.05, 0) is 62.3 Å². The van der Waals surface area contributed by atoms with E-state index < -0.39 is 5.97 Å². The minimum Gasteiger partial charge on any atom is -0.469 e. The second-order valence-corrected chi connectivity index (χ2v) is 6.49. The van der Waals surface area contributed by atoms with Crippen molar-refractivity contribution in [3.63, 3.8) is 0 Å². The number of aryl methyl sites for hydroxylation is 3. The zero-order valence-corrected chi connectivity index (χ0v) is 14.6. The number of furan rings is 1. The second-order valence-electron chi connectivity index (χ2n) is 6.49. The highest BCUT2D eigenvalue weighted by Gasteiger charge is 2.17. The molecule has 1 aromatic carbocycles. The number of amides is 1. The standard InChI is InChI=1S/C20H23NO4/c1-13(16-8-7-15-5-3-4-6-17(15)11-16)21-19(22)12-25-20(23)18-9-10-24-14(18)2/h7-11,13H,3-6,12H2,1-2H3,(H,21,22)/t13-/m0/s1. The van der Waals surface area contributed by atoms with Crippen molar-refractivity contribution in [3.05, 3.63) is 58.5 Å². The molecule has 0 fully saturated rings. The fourth-order valence-corrected chi connectivity index (χ4v) is 3.19. The normalized spacial score (nSPS) is 14.5. The molecule has 1 amide bonds. The SMILES string of the molecule is Cc1occc1C(=O)OCC(=O)N[C@@H](C)c1ccc2c(c1)CCCC2. The molecule has 0 saturated carbocycles. The third kappa shape index (κ3) is 4.10. The molecule has 0 unspecified atom stereocenters. The van der Waals surface area contributed by atoms with E-state index in [1.807, 2.05) is 6.92 Å². The lowest BCUT2D eigenvalue weighted by molar-refractivity contribution is -0.124. The molecule has 5 heteroatoms. The Kier molecular flexibility index (Phi) is 5.22. The maximum absolute atomic E-state index is 12.1. The molecule has 1 atom stereocenters. The molecule has 1 aromatic heterocycles. The van der Waals surface area contributed by atoms with Crippen LogP contribution in [0.15, 0.2) is 34.9 Å². The largest absolute Gasteiger partial charge is 0.469 e. The lowest BCUT2D eigenvalue weighted by atomic mass is 9.89. The summed E-state index contributed by atoms with van der Waals surface area (Å²) in [5, 5.41) is 2.88. The van der Waals surface area contributed by atoms with Crippen LogP contribution in [0.1, 0.15) is 58.6 Å². The van der Waals surface area contributed by atoms with Gasteiger partial charge in [0.25, 0.3) is 5.91 Å². The van der Waals surface area contributed by atoms with Gasteiger partial charge in [-0.3, -0.25) is 4.79 Å². The molecule has 1 heterocycles. The highest BCUT2D eigenvalue weighted by atomic mass is 16.5. The van der Waals surface area contributed by atoms with Crippen LogP contribution in [0.3, 0.4) is 0 Å². The van der Waals surface area contributed by atoms with Crippen molar-refractivity contribution < 1.29 is 18.7 Å². The Morgan fingerprint density at radius 1 is 1.20 bits per heavy atom. The maximum Gasteiger partial charge on any atom is 0.342 e. The van der Waals surface area contributed by atoms with Gasteiger partial charge in [-0.15, -0.1) is 0 Å². The molecule has 3 rings (SSSR count). The van der Waals surface area contributed by atoms with Crippen LogP contribution in [0.25, 0.3) is 0 Å². The van der Waals surface area contributed by atoms with Gasteiger partial charge in [0.05, 0.1) is 12.3 Å². The summed E-state index contributed by atoms with van der Waals surface area (Å²) in [4.78, 5) is 23.9. The van der Waals surface area contributed by atoms with E-state index in [0.29, 0.717) is 11.3 Å². The van der Waals surface area contributed by atoms with Gasteiger partial charge in [0.2, 0.25) is 0 Å². The second kappa shape index (κ2) is 7.55. The van der Waals surface area contributed by atoms with Crippen LogP contribution in [0.5, 0.6) is 0 Å². The van der Waals surface area contributed by atoms with E-state index in [-0.39, 0.29) is 18.6 Å². The molecule has 0 spiro atoms. The Bertz CT molecular complexity index is 778. The number of nitrogens with one attached hydrogen (secondary N) is 1. The highest BCUT2D eigenvalue weighted by molar-refractivity contribution is 5.92. The number of hydrogen-bond donors (Lipinski definition) is 1. The van der Waals surface area contributed by atoms with Crippen molar-refractivity contribution in [1.82, 2.24) is 5.32 Å². The minimum absolute atomic E-state index is 0.130. The summed E-state index contributed by atoms with van der Waals surface area (Å²) in [7, 11) is 0. The van der Waals surface area contributed by atoms with E-state index in [0.717, 1.165) is 18.4 Å². The van der Waals surface area contributed by atoms with Gasteiger partial charge in [0.15, 0.2) is 6.61 Å². The summed E-state index contributed by atoms with van der Waals surface area (Å²) < 4.78 is 10.1. The van der Waals surface area contributed by atoms with E-state index in [1.54, 1.807) is 6.92 Å². The smallest absolute Gasteiger partial charge is 0.342 e. The Morgan fingerprint density at radius 2 is 1.96 bits per heavy atom. The van der Waals surface area contributed by atoms with E-state index >= 15 is 0 Å². The average molecular weight is 341 g/mol. The van der Waals surface area contributed by atoms with E-state index in [1.165, 1.54) is 36.3 Å².